The number of anilines is 3. The van der Waals surface area contributed by atoms with Crippen molar-refractivity contribution in [2.45, 2.75) is 0 Å². The molecule has 4 nitrogen and oxygen atoms in total. The van der Waals surface area contributed by atoms with E-state index in [1.165, 1.54) is 6.08 Å². The number of ether oxygens (including phenoxy) is 1. The second kappa shape index (κ2) is 4.38. The van der Waals surface area contributed by atoms with Crippen LogP contribution in [0.5, 0.6) is 11.5 Å². The number of benzene rings is 2. The number of amides is 1. The van der Waals surface area contributed by atoms with Crippen LogP contribution in [0.1, 0.15) is 0 Å². The molecule has 104 valence electrons. The van der Waals surface area contributed by atoms with E-state index in [9.17, 15) is 4.79 Å². The summed E-state index contributed by atoms with van der Waals surface area (Å²) in [6.45, 7) is 4.96. The Balaban J connectivity index is 1.91. The Bertz CT molecular complexity index is 754. The molecule has 0 aromatic heterocycles. The summed E-state index contributed by atoms with van der Waals surface area (Å²) in [5.74, 6) is 1.56. The molecule has 2 aliphatic rings. The molecule has 0 unspecified atom stereocenters. The average molecular weight is 278 g/mol. The first-order chi connectivity index (χ1) is 10.3. The van der Waals surface area contributed by atoms with Crippen molar-refractivity contribution in [1.29, 1.82) is 0 Å². The van der Waals surface area contributed by atoms with E-state index in [4.69, 9.17) is 4.74 Å². The van der Waals surface area contributed by atoms with Crippen LogP contribution in [0.3, 0.4) is 0 Å². The van der Waals surface area contributed by atoms with Crippen LogP contribution in [0.15, 0.2) is 55.1 Å². The van der Waals surface area contributed by atoms with Crippen molar-refractivity contribution in [3.8, 4) is 11.5 Å². The van der Waals surface area contributed by atoms with Gasteiger partial charge in [0.05, 0.1) is 11.4 Å². The lowest BCUT2D eigenvalue weighted by Gasteiger charge is -2.41. The van der Waals surface area contributed by atoms with Crippen LogP contribution in [0, 0.1) is 0 Å². The number of para-hydroxylation sites is 3. The number of carbonyl (C=O) groups excluding carboxylic acids is 1. The van der Waals surface area contributed by atoms with Crippen LogP contribution in [-0.2, 0) is 4.79 Å². The van der Waals surface area contributed by atoms with Gasteiger partial charge in [-0.2, -0.15) is 0 Å². The van der Waals surface area contributed by atoms with Crippen molar-refractivity contribution in [2.24, 2.45) is 0 Å². The summed E-state index contributed by atoms with van der Waals surface area (Å²) in [6, 6.07) is 13.8. The molecule has 21 heavy (non-hydrogen) atoms. The standard InChI is InChI=1S/C17H14N2O2/c1-2-16(20)18-10-11-19-12-6-3-4-8-14(12)21-15-9-5-7-13(18)17(15)19/h2-9H,1,10-11H2. The number of rotatable bonds is 1. The average Bonchev–Trinajstić information content (AvgIpc) is 2.54. The molecule has 0 radical (unpaired) electrons. The Hall–Kier alpha value is -2.75. The third-order valence-corrected chi connectivity index (χ3v) is 3.90. The first-order valence-electron chi connectivity index (χ1n) is 6.91. The Morgan fingerprint density at radius 1 is 1.05 bits per heavy atom. The number of carbonyl (C=O) groups is 1. The maximum Gasteiger partial charge on any atom is 0.250 e. The summed E-state index contributed by atoms with van der Waals surface area (Å²) in [7, 11) is 0. The van der Waals surface area contributed by atoms with E-state index in [0.717, 1.165) is 35.1 Å². The zero-order chi connectivity index (χ0) is 14.4. The Kier molecular flexibility index (Phi) is 2.51. The van der Waals surface area contributed by atoms with Crippen molar-refractivity contribution < 1.29 is 9.53 Å². The molecular weight excluding hydrogens is 264 g/mol. The Morgan fingerprint density at radius 3 is 2.67 bits per heavy atom. The summed E-state index contributed by atoms with van der Waals surface area (Å²) in [5.41, 5.74) is 2.87. The molecule has 0 aliphatic carbocycles. The highest BCUT2D eigenvalue weighted by atomic mass is 16.5. The minimum absolute atomic E-state index is 0.0816. The lowest BCUT2D eigenvalue weighted by atomic mass is 10.1. The van der Waals surface area contributed by atoms with Gasteiger partial charge in [-0.05, 0) is 30.3 Å². The van der Waals surface area contributed by atoms with Gasteiger partial charge >= 0.3 is 0 Å². The van der Waals surface area contributed by atoms with Crippen LogP contribution < -0.4 is 14.5 Å². The molecule has 0 N–H and O–H groups in total. The zero-order valence-electron chi connectivity index (χ0n) is 11.5. The van der Waals surface area contributed by atoms with E-state index in [-0.39, 0.29) is 5.91 Å². The van der Waals surface area contributed by atoms with Gasteiger partial charge in [-0.25, -0.2) is 0 Å². The number of fused-ring (bicyclic) bond motifs is 2. The fraction of sp³-hybridized carbons (Fsp3) is 0.118. The van der Waals surface area contributed by atoms with Crippen molar-refractivity contribution in [3.05, 3.63) is 55.1 Å². The lowest BCUT2D eigenvalue weighted by Crippen LogP contribution is -2.42. The second-order valence-electron chi connectivity index (χ2n) is 5.04. The maximum absolute atomic E-state index is 12.0. The largest absolute Gasteiger partial charge is 0.453 e. The van der Waals surface area contributed by atoms with Crippen molar-refractivity contribution in [2.75, 3.05) is 22.9 Å². The highest BCUT2D eigenvalue weighted by molar-refractivity contribution is 6.06. The van der Waals surface area contributed by atoms with Crippen molar-refractivity contribution in [1.82, 2.24) is 0 Å². The molecule has 0 bridgehead atoms. The number of hydrogen-bond acceptors (Lipinski definition) is 3. The molecule has 0 saturated carbocycles. The maximum atomic E-state index is 12.0. The predicted molar refractivity (Wildman–Crippen MR) is 82.5 cm³/mol. The minimum atomic E-state index is -0.0816. The second-order valence-corrected chi connectivity index (χ2v) is 5.04. The topological polar surface area (TPSA) is 32.8 Å². The third-order valence-electron chi connectivity index (χ3n) is 3.90. The summed E-state index contributed by atoms with van der Waals surface area (Å²) in [5, 5.41) is 0. The zero-order valence-corrected chi connectivity index (χ0v) is 11.5. The molecule has 1 amide bonds. The summed E-state index contributed by atoms with van der Waals surface area (Å²) in [6.07, 6.45) is 1.35. The molecule has 0 saturated heterocycles. The number of hydrogen-bond donors (Lipinski definition) is 0. The van der Waals surface area contributed by atoms with E-state index >= 15 is 0 Å². The van der Waals surface area contributed by atoms with Crippen LogP contribution in [-0.4, -0.2) is 19.0 Å². The molecule has 0 atom stereocenters. The molecule has 2 aromatic carbocycles. The van der Waals surface area contributed by atoms with Crippen molar-refractivity contribution >= 4 is 23.0 Å². The molecule has 4 rings (SSSR count). The van der Waals surface area contributed by atoms with Gasteiger partial charge < -0.3 is 14.5 Å². The fourth-order valence-corrected chi connectivity index (χ4v) is 2.98. The summed E-state index contributed by atoms with van der Waals surface area (Å²) >= 11 is 0. The molecule has 0 fully saturated rings. The lowest BCUT2D eigenvalue weighted by molar-refractivity contribution is -0.114. The molecule has 4 heteroatoms. The van der Waals surface area contributed by atoms with Gasteiger partial charge in [0, 0.05) is 13.1 Å². The van der Waals surface area contributed by atoms with Crippen LogP contribution in [0.25, 0.3) is 0 Å². The van der Waals surface area contributed by atoms with Gasteiger partial charge in [0.25, 0.3) is 5.91 Å². The predicted octanol–water partition coefficient (Wildman–Crippen LogP) is 3.46. The van der Waals surface area contributed by atoms with E-state index in [1.807, 2.05) is 42.5 Å². The quantitative estimate of drug-likeness (QED) is 0.749. The number of nitrogens with zero attached hydrogens (tertiary/aromatic N) is 2. The molecule has 2 aliphatic heterocycles. The fourth-order valence-electron chi connectivity index (χ4n) is 2.98. The summed E-state index contributed by atoms with van der Waals surface area (Å²) < 4.78 is 5.98. The smallest absolute Gasteiger partial charge is 0.250 e. The molecule has 2 heterocycles. The highest BCUT2D eigenvalue weighted by Crippen LogP contribution is 2.52. The minimum Gasteiger partial charge on any atom is -0.453 e. The van der Waals surface area contributed by atoms with E-state index in [2.05, 4.69) is 11.5 Å². The monoisotopic (exact) mass is 278 g/mol. The van der Waals surface area contributed by atoms with Crippen LogP contribution in [0.2, 0.25) is 0 Å². The van der Waals surface area contributed by atoms with Gasteiger partial charge in [-0.1, -0.05) is 24.8 Å². The van der Waals surface area contributed by atoms with E-state index in [0.29, 0.717) is 6.54 Å². The van der Waals surface area contributed by atoms with Gasteiger partial charge in [0.15, 0.2) is 11.5 Å². The normalized spacial score (nSPS) is 14.9. The van der Waals surface area contributed by atoms with Gasteiger partial charge in [-0.3, -0.25) is 4.79 Å². The van der Waals surface area contributed by atoms with Crippen molar-refractivity contribution in [3.63, 3.8) is 0 Å². The first kappa shape index (κ1) is 12.0. The van der Waals surface area contributed by atoms with E-state index in [1.54, 1.807) is 4.90 Å². The molecular formula is C17H14N2O2. The van der Waals surface area contributed by atoms with Gasteiger partial charge in [0.2, 0.25) is 0 Å². The highest BCUT2D eigenvalue weighted by Gasteiger charge is 2.33. The van der Waals surface area contributed by atoms with Crippen LogP contribution in [0.4, 0.5) is 17.1 Å². The third kappa shape index (κ3) is 1.65. The van der Waals surface area contributed by atoms with Crippen LogP contribution >= 0.6 is 0 Å². The first-order valence-corrected chi connectivity index (χ1v) is 6.91. The Labute approximate surface area is 122 Å². The SMILES string of the molecule is C=CC(=O)N1CCN2c3ccccc3Oc3cccc1c32. The summed E-state index contributed by atoms with van der Waals surface area (Å²) in [4.78, 5) is 16.0. The van der Waals surface area contributed by atoms with Gasteiger partial charge in [0.1, 0.15) is 5.69 Å². The Morgan fingerprint density at radius 2 is 1.81 bits per heavy atom. The molecule has 2 aromatic rings. The van der Waals surface area contributed by atoms with E-state index < -0.39 is 0 Å². The van der Waals surface area contributed by atoms with Gasteiger partial charge in [-0.15, -0.1) is 0 Å². The molecule has 0 spiro atoms.